The largest absolute Gasteiger partial charge is 0.354 e. The van der Waals surface area contributed by atoms with Crippen LogP contribution in [0.4, 0.5) is 5.82 Å². The van der Waals surface area contributed by atoms with E-state index in [1.54, 1.807) is 6.33 Å². The standard InChI is InChI=1S/C17H25N7O/c1-2-14-11-15(24-17(20-14)18-13-19-24)22-9-7-21(8-10-22)12-16(25)23-5-3-4-6-23/h11,13H,2-10,12H2,1H3. The van der Waals surface area contributed by atoms with Crippen LogP contribution in [-0.4, -0.2) is 81.1 Å². The van der Waals surface area contributed by atoms with E-state index in [0.29, 0.717) is 12.3 Å². The van der Waals surface area contributed by atoms with Gasteiger partial charge < -0.3 is 9.80 Å². The Kier molecular flexibility index (Phi) is 4.52. The number of piperazine rings is 1. The molecule has 0 radical (unpaired) electrons. The van der Waals surface area contributed by atoms with Gasteiger partial charge in [0.05, 0.1) is 6.54 Å². The molecule has 0 atom stereocenters. The minimum Gasteiger partial charge on any atom is -0.354 e. The van der Waals surface area contributed by atoms with E-state index in [2.05, 4.69) is 37.9 Å². The van der Waals surface area contributed by atoms with Gasteiger partial charge in [-0.05, 0) is 19.3 Å². The van der Waals surface area contributed by atoms with Crippen LogP contribution in [0.25, 0.3) is 5.78 Å². The second-order valence-corrected chi connectivity index (χ2v) is 6.78. The van der Waals surface area contributed by atoms with Gasteiger partial charge in [0.2, 0.25) is 5.91 Å². The molecule has 0 saturated carbocycles. The third kappa shape index (κ3) is 3.30. The number of carbonyl (C=O) groups is 1. The zero-order valence-electron chi connectivity index (χ0n) is 14.8. The highest BCUT2D eigenvalue weighted by atomic mass is 16.2. The molecule has 0 spiro atoms. The molecule has 0 unspecified atom stereocenters. The fraction of sp³-hybridized carbons (Fsp3) is 0.647. The van der Waals surface area contributed by atoms with Crippen LogP contribution in [0.1, 0.15) is 25.5 Å². The Labute approximate surface area is 147 Å². The fourth-order valence-corrected chi connectivity index (χ4v) is 3.64. The van der Waals surface area contributed by atoms with E-state index in [4.69, 9.17) is 0 Å². The van der Waals surface area contributed by atoms with Gasteiger partial charge in [-0.3, -0.25) is 9.69 Å². The van der Waals surface area contributed by atoms with Crippen LogP contribution >= 0.6 is 0 Å². The van der Waals surface area contributed by atoms with Gasteiger partial charge in [0.15, 0.2) is 0 Å². The number of aryl methyl sites for hydroxylation is 1. The molecule has 0 aliphatic carbocycles. The van der Waals surface area contributed by atoms with Crippen LogP contribution in [0.3, 0.4) is 0 Å². The predicted molar refractivity (Wildman–Crippen MR) is 94.6 cm³/mol. The van der Waals surface area contributed by atoms with Crippen LogP contribution in [0, 0.1) is 0 Å². The van der Waals surface area contributed by atoms with E-state index in [1.807, 2.05) is 9.42 Å². The fourth-order valence-electron chi connectivity index (χ4n) is 3.64. The molecule has 2 aliphatic heterocycles. The average Bonchev–Trinajstić information content (AvgIpc) is 3.33. The van der Waals surface area contributed by atoms with Crippen molar-refractivity contribution in [3.8, 4) is 0 Å². The summed E-state index contributed by atoms with van der Waals surface area (Å²) in [5.41, 5.74) is 1.03. The molecular formula is C17H25N7O. The van der Waals surface area contributed by atoms with E-state index in [-0.39, 0.29) is 5.91 Å². The van der Waals surface area contributed by atoms with Crippen molar-refractivity contribution in [2.75, 3.05) is 50.7 Å². The maximum absolute atomic E-state index is 12.3. The number of likely N-dealkylation sites (tertiary alicyclic amines) is 1. The maximum atomic E-state index is 12.3. The third-order valence-corrected chi connectivity index (χ3v) is 5.16. The third-order valence-electron chi connectivity index (χ3n) is 5.16. The van der Waals surface area contributed by atoms with Crippen molar-refractivity contribution in [2.45, 2.75) is 26.2 Å². The molecule has 2 aromatic heterocycles. The van der Waals surface area contributed by atoms with Crippen molar-refractivity contribution < 1.29 is 4.79 Å². The summed E-state index contributed by atoms with van der Waals surface area (Å²) in [6.45, 7) is 8.05. The number of nitrogens with zero attached hydrogens (tertiary/aromatic N) is 7. The predicted octanol–water partition coefficient (Wildman–Crippen LogP) is 0.431. The molecule has 8 heteroatoms. The summed E-state index contributed by atoms with van der Waals surface area (Å²) in [4.78, 5) is 27.7. The Morgan fingerprint density at radius 2 is 1.88 bits per heavy atom. The van der Waals surface area contributed by atoms with E-state index in [1.165, 1.54) is 0 Å². The molecule has 0 bridgehead atoms. The molecule has 4 rings (SSSR count). The normalized spacial score (nSPS) is 19.1. The lowest BCUT2D eigenvalue weighted by atomic mass is 10.2. The molecule has 2 fully saturated rings. The van der Waals surface area contributed by atoms with Crippen molar-refractivity contribution in [1.29, 1.82) is 0 Å². The van der Waals surface area contributed by atoms with Gasteiger partial charge >= 0.3 is 0 Å². The summed E-state index contributed by atoms with van der Waals surface area (Å²) in [6.07, 6.45) is 4.72. The highest BCUT2D eigenvalue weighted by Crippen LogP contribution is 2.18. The Morgan fingerprint density at radius 1 is 1.12 bits per heavy atom. The Bertz CT molecular complexity index is 745. The molecule has 2 aliphatic rings. The number of anilines is 1. The molecule has 2 saturated heterocycles. The van der Waals surface area contributed by atoms with Crippen molar-refractivity contribution >= 4 is 17.5 Å². The van der Waals surface area contributed by atoms with E-state index >= 15 is 0 Å². The van der Waals surface area contributed by atoms with Crippen LogP contribution in [-0.2, 0) is 11.2 Å². The lowest BCUT2D eigenvalue weighted by Gasteiger charge is -2.36. The molecule has 0 aromatic carbocycles. The van der Waals surface area contributed by atoms with Crippen molar-refractivity contribution in [1.82, 2.24) is 29.4 Å². The number of amides is 1. The Balaban J connectivity index is 1.42. The van der Waals surface area contributed by atoms with Gasteiger partial charge in [0, 0.05) is 51.0 Å². The minimum absolute atomic E-state index is 0.279. The molecule has 0 N–H and O–H groups in total. The molecular weight excluding hydrogens is 318 g/mol. The van der Waals surface area contributed by atoms with Gasteiger partial charge in [0.25, 0.3) is 5.78 Å². The van der Waals surface area contributed by atoms with Crippen molar-refractivity contribution in [3.05, 3.63) is 18.1 Å². The Morgan fingerprint density at radius 3 is 2.60 bits per heavy atom. The first-order valence-corrected chi connectivity index (χ1v) is 9.19. The first-order chi connectivity index (χ1) is 12.2. The molecule has 8 nitrogen and oxygen atoms in total. The summed E-state index contributed by atoms with van der Waals surface area (Å²) in [6, 6.07) is 2.10. The van der Waals surface area contributed by atoms with Crippen LogP contribution in [0.5, 0.6) is 0 Å². The number of rotatable bonds is 4. The Hall–Kier alpha value is -2.22. The highest BCUT2D eigenvalue weighted by Gasteiger charge is 2.24. The number of hydrogen-bond donors (Lipinski definition) is 0. The lowest BCUT2D eigenvalue weighted by molar-refractivity contribution is -0.131. The average molecular weight is 343 g/mol. The van der Waals surface area contributed by atoms with Crippen molar-refractivity contribution in [2.24, 2.45) is 0 Å². The smallest absolute Gasteiger partial charge is 0.254 e. The van der Waals surface area contributed by atoms with Crippen LogP contribution in [0.2, 0.25) is 0 Å². The number of fused-ring (bicyclic) bond motifs is 1. The quantitative estimate of drug-likeness (QED) is 0.802. The second kappa shape index (κ2) is 6.95. The molecule has 25 heavy (non-hydrogen) atoms. The van der Waals surface area contributed by atoms with E-state index in [9.17, 15) is 4.79 Å². The van der Waals surface area contributed by atoms with E-state index < -0.39 is 0 Å². The monoisotopic (exact) mass is 343 g/mol. The second-order valence-electron chi connectivity index (χ2n) is 6.78. The minimum atomic E-state index is 0.279. The zero-order chi connectivity index (χ0) is 17.2. The SMILES string of the molecule is CCc1cc(N2CCN(CC(=O)N3CCCC3)CC2)n2ncnc2n1. The number of carbonyl (C=O) groups excluding carboxylic acids is 1. The first-order valence-electron chi connectivity index (χ1n) is 9.19. The number of aromatic nitrogens is 4. The van der Waals surface area contributed by atoms with Crippen molar-refractivity contribution in [3.63, 3.8) is 0 Å². The van der Waals surface area contributed by atoms with E-state index in [0.717, 1.165) is 70.0 Å². The topological polar surface area (TPSA) is 69.9 Å². The highest BCUT2D eigenvalue weighted by molar-refractivity contribution is 5.78. The van der Waals surface area contributed by atoms with Gasteiger partial charge in [-0.2, -0.15) is 14.6 Å². The van der Waals surface area contributed by atoms with Gasteiger partial charge in [-0.15, -0.1) is 0 Å². The maximum Gasteiger partial charge on any atom is 0.254 e. The summed E-state index contributed by atoms with van der Waals surface area (Å²) in [5.74, 6) is 1.98. The molecule has 134 valence electrons. The lowest BCUT2D eigenvalue weighted by Crippen LogP contribution is -2.50. The first kappa shape index (κ1) is 16.3. The van der Waals surface area contributed by atoms with Crippen LogP contribution in [0.15, 0.2) is 12.4 Å². The summed E-state index contributed by atoms with van der Waals surface area (Å²) >= 11 is 0. The molecule has 4 heterocycles. The van der Waals surface area contributed by atoms with Crippen LogP contribution < -0.4 is 4.90 Å². The van der Waals surface area contributed by atoms with Gasteiger partial charge in [-0.1, -0.05) is 6.92 Å². The zero-order valence-corrected chi connectivity index (χ0v) is 14.8. The van der Waals surface area contributed by atoms with Gasteiger partial charge in [0.1, 0.15) is 12.1 Å². The summed E-state index contributed by atoms with van der Waals surface area (Å²) in [7, 11) is 0. The number of hydrogen-bond acceptors (Lipinski definition) is 6. The molecule has 1 amide bonds. The summed E-state index contributed by atoms with van der Waals surface area (Å²) in [5, 5.41) is 4.32. The summed E-state index contributed by atoms with van der Waals surface area (Å²) < 4.78 is 1.81. The molecule has 2 aromatic rings. The van der Waals surface area contributed by atoms with Gasteiger partial charge in [-0.25, -0.2) is 4.98 Å².